The first-order valence-corrected chi connectivity index (χ1v) is 6.41. The third kappa shape index (κ3) is 6.01. The smallest absolute Gasteiger partial charge is 0.234 e. The van der Waals surface area contributed by atoms with E-state index in [0.29, 0.717) is 25.7 Å². The van der Waals surface area contributed by atoms with E-state index >= 15 is 0 Å². The van der Waals surface area contributed by atoms with E-state index in [2.05, 4.69) is 21.5 Å². The van der Waals surface area contributed by atoms with Crippen molar-refractivity contribution in [2.75, 3.05) is 46.4 Å². The van der Waals surface area contributed by atoms with E-state index in [4.69, 9.17) is 11.2 Å². The van der Waals surface area contributed by atoms with Crippen LogP contribution in [0, 0.1) is 12.3 Å². The average molecular weight is 253 g/mol. The van der Waals surface area contributed by atoms with Crippen molar-refractivity contribution in [2.24, 2.45) is 0 Å². The summed E-state index contributed by atoms with van der Waals surface area (Å²) < 4.78 is 5.07. The van der Waals surface area contributed by atoms with Crippen LogP contribution < -0.4 is 10.6 Å². The number of amides is 1. The largest absolute Gasteiger partial charge is 0.383 e. The van der Waals surface area contributed by atoms with Crippen molar-refractivity contribution in [1.82, 2.24) is 15.5 Å². The summed E-state index contributed by atoms with van der Waals surface area (Å²) in [7, 11) is 1.67. The molecule has 0 aliphatic carbocycles. The Kier molecular flexibility index (Phi) is 7.42. The number of hydrogen-bond acceptors (Lipinski definition) is 4. The summed E-state index contributed by atoms with van der Waals surface area (Å²) in [5.74, 6) is 2.37. The zero-order chi connectivity index (χ0) is 13.2. The quantitative estimate of drug-likeness (QED) is 0.569. The second-order valence-electron chi connectivity index (χ2n) is 4.50. The molecule has 0 radical (unpaired) electrons. The van der Waals surface area contributed by atoms with Crippen LogP contribution in [0.5, 0.6) is 0 Å². The molecule has 102 valence electrons. The van der Waals surface area contributed by atoms with Gasteiger partial charge in [-0.3, -0.25) is 9.69 Å². The Bertz CT molecular complexity index is 282. The zero-order valence-corrected chi connectivity index (χ0v) is 11.1. The maximum atomic E-state index is 11.6. The summed E-state index contributed by atoms with van der Waals surface area (Å²) in [5, 5.41) is 6.12. The van der Waals surface area contributed by atoms with Crippen molar-refractivity contribution in [3.63, 3.8) is 0 Å². The molecule has 1 aliphatic heterocycles. The number of carbonyl (C=O) groups is 1. The van der Waals surface area contributed by atoms with Crippen LogP contribution >= 0.6 is 0 Å². The Morgan fingerprint density at radius 1 is 1.67 bits per heavy atom. The minimum atomic E-state index is -0.0259. The van der Waals surface area contributed by atoms with Crippen LogP contribution in [0.25, 0.3) is 0 Å². The van der Waals surface area contributed by atoms with Gasteiger partial charge in [0.2, 0.25) is 5.91 Å². The van der Waals surface area contributed by atoms with Crippen LogP contribution in [0.15, 0.2) is 0 Å². The lowest BCUT2D eigenvalue weighted by molar-refractivity contribution is -0.122. The summed E-state index contributed by atoms with van der Waals surface area (Å²) in [6.45, 7) is 4.02. The third-order valence-corrected chi connectivity index (χ3v) is 3.01. The molecule has 5 nitrogen and oxygen atoms in total. The number of carbonyl (C=O) groups excluding carboxylic acids is 1. The zero-order valence-electron chi connectivity index (χ0n) is 11.1. The number of nitrogens with one attached hydrogen (secondary N) is 2. The van der Waals surface area contributed by atoms with Crippen molar-refractivity contribution in [1.29, 1.82) is 0 Å². The minimum Gasteiger partial charge on any atom is -0.383 e. The molecule has 1 amide bonds. The van der Waals surface area contributed by atoms with Crippen molar-refractivity contribution >= 4 is 5.91 Å². The first-order chi connectivity index (χ1) is 8.76. The fourth-order valence-corrected chi connectivity index (χ4v) is 2.09. The van der Waals surface area contributed by atoms with Crippen LogP contribution in [-0.2, 0) is 9.53 Å². The fourth-order valence-electron chi connectivity index (χ4n) is 2.09. The molecule has 2 N–H and O–H groups in total. The summed E-state index contributed by atoms with van der Waals surface area (Å²) in [4.78, 5) is 13.7. The highest BCUT2D eigenvalue weighted by atomic mass is 16.5. The van der Waals surface area contributed by atoms with Gasteiger partial charge in [0, 0.05) is 26.2 Å². The van der Waals surface area contributed by atoms with Gasteiger partial charge in [-0.05, 0) is 19.4 Å². The first-order valence-electron chi connectivity index (χ1n) is 6.41. The molecule has 1 saturated heterocycles. The summed E-state index contributed by atoms with van der Waals surface area (Å²) in [6.07, 6.45) is 7.50. The molecule has 1 aliphatic rings. The van der Waals surface area contributed by atoms with E-state index in [1.165, 1.54) is 12.8 Å². The summed E-state index contributed by atoms with van der Waals surface area (Å²) >= 11 is 0. The van der Waals surface area contributed by atoms with Gasteiger partial charge in [0.05, 0.1) is 19.7 Å². The number of ether oxygens (including phenoxy) is 1. The fraction of sp³-hybridized carbons (Fsp3) is 0.769. The van der Waals surface area contributed by atoms with Gasteiger partial charge in [0.15, 0.2) is 0 Å². The number of hydrogen-bond donors (Lipinski definition) is 2. The lowest BCUT2D eigenvalue weighted by Crippen LogP contribution is -2.44. The van der Waals surface area contributed by atoms with Crippen LogP contribution in [0.1, 0.15) is 12.8 Å². The van der Waals surface area contributed by atoms with Crippen LogP contribution in [0.2, 0.25) is 0 Å². The topological polar surface area (TPSA) is 53.6 Å². The normalized spacial score (nSPS) is 18.8. The highest BCUT2D eigenvalue weighted by Crippen LogP contribution is 2.06. The average Bonchev–Trinajstić information content (AvgIpc) is 2.86. The first kappa shape index (κ1) is 15.0. The van der Waals surface area contributed by atoms with E-state index in [1.807, 2.05) is 0 Å². The van der Waals surface area contributed by atoms with Gasteiger partial charge in [-0.15, -0.1) is 6.42 Å². The monoisotopic (exact) mass is 253 g/mol. The van der Waals surface area contributed by atoms with Crippen LogP contribution in [0.4, 0.5) is 0 Å². The third-order valence-electron chi connectivity index (χ3n) is 3.01. The molecule has 0 aromatic carbocycles. The lowest BCUT2D eigenvalue weighted by Gasteiger charge is -2.24. The SMILES string of the molecule is C#CCNC(=O)CN(CCOC)CC1CCCN1. The van der Waals surface area contributed by atoms with Crippen molar-refractivity contribution in [2.45, 2.75) is 18.9 Å². The van der Waals surface area contributed by atoms with Gasteiger partial charge in [-0.1, -0.05) is 5.92 Å². The molecule has 5 heteroatoms. The second-order valence-corrected chi connectivity index (χ2v) is 4.50. The molecule has 1 rings (SSSR count). The van der Waals surface area contributed by atoms with E-state index < -0.39 is 0 Å². The minimum absolute atomic E-state index is 0.0259. The molecule has 18 heavy (non-hydrogen) atoms. The summed E-state index contributed by atoms with van der Waals surface area (Å²) in [6, 6.07) is 0.488. The van der Waals surface area contributed by atoms with Gasteiger partial charge in [0.1, 0.15) is 0 Å². The molecule has 0 spiro atoms. The highest BCUT2D eigenvalue weighted by Gasteiger charge is 2.19. The van der Waals surface area contributed by atoms with Gasteiger partial charge < -0.3 is 15.4 Å². The predicted molar refractivity (Wildman–Crippen MR) is 71.2 cm³/mol. The van der Waals surface area contributed by atoms with Crippen LogP contribution in [-0.4, -0.2) is 63.3 Å². The maximum Gasteiger partial charge on any atom is 0.234 e. The Balaban J connectivity index is 2.33. The van der Waals surface area contributed by atoms with Crippen LogP contribution in [0.3, 0.4) is 0 Å². The van der Waals surface area contributed by atoms with E-state index in [9.17, 15) is 4.79 Å². The van der Waals surface area contributed by atoms with E-state index in [0.717, 1.165) is 19.6 Å². The molecular formula is C13H23N3O2. The maximum absolute atomic E-state index is 11.6. The number of rotatable bonds is 8. The number of methoxy groups -OCH3 is 1. The van der Waals surface area contributed by atoms with Crippen molar-refractivity contribution in [3.8, 4) is 12.3 Å². The Hall–Kier alpha value is -1.09. The van der Waals surface area contributed by atoms with Crippen molar-refractivity contribution in [3.05, 3.63) is 0 Å². The molecule has 0 aromatic heterocycles. The van der Waals surface area contributed by atoms with Gasteiger partial charge in [-0.2, -0.15) is 0 Å². The number of terminal acetylenes is 1. The van der Waals surface area contributed by atoms with Gasteiger partial charge >= 0.3 is 0 Å². The molecule has 0 aromatic rings. The molecular weight excluding hydrogens is 230 g/mol. The molecule has 0 saturated carbocycles. The standard InChI is InChI=1S/C13H23N3O2/c1-3-6-15-13(17)11-16(8-9-18-2)10-12-5-4-7-14-12/h1,12,14H,4-11H2,2H3,(H,15,17). The Morgan fingerprint density at radius 2 is 2.50 bits per heavy atom. The van der Waals surface area contributed by atoms with Crippen molar-refractivity contribution < 1.29 is 9.53 Å². The molecule has 1 heterocycles. The predicted octanol–water partition coefficient (Wildman–Crippen LogP) is -0.564. The molecule has 0 bridgehead atoms. The molecule has 1 unspecified atom stereocenters. The second kappa shape index (κ2) is 8.92. The molecule has 1 atom stereocenters. The lowest BCUT2D eigenvalue weighted by atomic mass is 10.2. The Morgan fingerprint density at radius 3 is 3.11 bits per heavy atom. The molecule has 1 fully saturated rings. The van der Waals surface area contributed by atoms with E-state index in [1.54, 1.807) is 7.11 Å². The van der Waals surface area contributed by atoms with Gasteiger partial charge in [0.25, 0.3) is 0 Å². The highest BCUT2D eigenvalue weighted by molar-refractivity contribution is 5.78. The summed E-state index contributed by atoms with van der Waals surface area (Å²) in [5.41, 5.74) is 0. The Labute approximate surface area is 109 Å². The number of nitrogens with zero attached hydrogens (tertiary/aromatic N) is 1. The van der Waals surface area contributed by atoms with E-state index in [-0.39, 0.29) is 5.91 Å². The van der Waals surface area contributed by atoms with Gasteiger partial charge in [-0.25, -0.2) is 0 Å².